The molecule has 1 fully saturated rings. The number of methoxy groups -OCH3 is 1. The topological polar surface area (TPSA) is 49.3 Å². The lowest BCUT2D eigenvalue weighted by molar-refractivity contribution is -0.116. The predicted molar refractivity (Wildman–Crippen MR) is 44.4 cm³/mol. The van der Waals surface area contributed by atoms with E-state index in [2.05, 4.69) is 5.16 Å². The maximum Gasteiger partial charge on any atom is 0.146 e. The van der Waals surface area contributed by atoms with Crippen LogP contribution in [0.25, 0.3) is 0 Å². The first-order valence-corrected chi connectivity index (χ1v) is 4.29. The second-order valence-corrected chi connectivity index (χ2v) is 3.11. The number of hydrogen-bond acceptors (Lipinski definition) is 5. The van der Waals surface area contributed by atoms with Crippen LogP contribution in [-0.4, -0.2) is 45.5 Å². The van der Waals surface area contributed by atoms with Gasteiger partial charge in [-0.05, 0) is 0 Å². The van der Waals surface area contributed by atoms with Gasteiger partial charge in [0, 0.05) is 7.11 Å². The summed E-state index contributed by atoms with van der Waals surface area (Å²) in [6, 6.07) is 0. The fourth-order valence-electron chi connectivity index (χ4n) is 1.54. The zero-order valence-corrected chi connectivity index (χ0v) is 7.56. The molecule has 2 aliphatic rings. The van der Waals surface area contributed by atoms with Gasteiger partial charge in [-0.15, -0.1) is 0 Å². The van der Waals surface area contributed by atoms with Gasteiger partial charge in [0.25, 0.3) is 0 Å². The van der Waals surface area contributed by atoms with Crippen molar-refractivity contribution < 1.29 is 19.0 Å². The Morgan fingerprint density at radius 1 is 1.54 bits per heavy atom. The molecule has 0 bridgehead atoms. The molecular formula is C8H13NO4. The zero-order chi connectivity index (χ0) is 9.10. The van der Waals surface area contributed by atoms with E-state index in [1.54, 1.807) is 7.11 Å². The van der Waals surface area contributed by atoms with Gasteiger partial charge in [-0.3, -0.25) is 0 Å². The minimum atomic E-state index is 0.0231. The lowest BCUT2D eigenvalue weighted by atomic mass is 9.97. The van der Waals surface area contributed by atoms with Gasteiger partial charge in [-0.2, -0.15) is 0 Å². The standard InChI is InChI=1S/C8H13NO4/c1-10-5-12-8-4-11-3-7-6(8)2-13-9-7/h6,8H,2-5H2,1H3/t6?,8-/m0/s1. The minimum Gasteiger partial charge on any atom is -0.395 e. The third kappa shape index (κ3) is 1.82. The van der Waals surface area contributed by atoms with Crippen molar-refractivity contribution in [2.24, 2.45) is 11.1 Å². The Morgan fingerprint density at radius 2 is 2.46 bits per heavy atom. The average Bonchev–Trinajstić information content (AvgIpc) is 2.62. The lowest BCUT2D eigenvalue weighted by Gasteiger charge is -2.27. The molecular weight excluding hydrogens is 174 g/mol. The Morgan fingerprint density at radius 3 is 3.31 bits per heavy atom. The Bertz CT molecular complexity index is 206. The maximum atomic E-state index is 5.44. The molecule has 0 radical (unpaired) electrons. The second-order valence-electron chi connectivity index (χ2n) is 3.11. The highest BCUT2D eigenvalue weighted by Gasteiger charge is 2.36. The maximum absolute atomic E-state index is 5.44. The van der Waals surface area contributed by atoms with Crippen LogP contribution in [0.2, 0.25) is 0 Å². The molecule has 1 saturated heterocycles. The Hall–Kier alpha value is -0.650. The number of oxime groups is 1. The van der Waals surface area contributed by atoms with Crippen molar-refractivity contribution in [3.05, 3.63) is 0 Å². The van der Waals surface area contributed by atoms with Gasteiger partial charge in [-0.25, -0.2) is 0 Å². The van der Waals surface area contributed by atoms with E-state index in [4.69, 9.17) is 19.0 Å². The van der Waals surface area contributed by atoms with E-state index >= 15 is 0 Å². The van der Waals surface area contributed by atoms with Gasteiger partial charge in [0.1, 0.15) is 13.4 Å². The van der Waals surface area contributed by atoms with Crippen molar-refractivity contribution in [1.29, 1.82) is 0 Å². The van der Waals surface area contributed by atoms with E-state index in [0.29, 0.717) is 19.8 Å². The van der Waals surface area contributed by atoms with E-state index < -0.39 is 0 Å². The summed E-state index contributed by atoms with van der Waals surface area (Å²) in [6.07, 6.45) is 0.0231. The minimum absolute atomic E-state index is 0.0231. The molecule has 0 aliphatic carbocycles. The van der Waals surface area contributed by atoms with Crippen LogP contribution in [0.1, 0.15) is 0 Å². The van der Waals surface area contributed by atoms with Crippen molar-refractivity contribution in [2.45, 2.75) is 6.10 Å². The number of nitrogens with zero attached hydrogens (tertiary/aromatic N) is 1. The number of ether oxygens (including phenoxy) is 3. The summed E-state index contributed by atoms with van der Waals surface area (Å²) in [5.74, 6) is 0.254. The van der Waals surface area contributed by atoms with E-state index in [0.717, 1.165) is 5.71 Å². The van der Waals surface area contributed by atoms with Crippen molar-refractivity contribution in [3.63, 3.8) is 0 Å². The van der Waals surface area contributed by atoms with Crippen LogP contribution in [0.5, 0.6) is 0 Å². The SMILES string of the molecule is COCO[C@H]1COCC2=NOCC21. The molecule has 1 unspecified atom stereocenters. The third-order valence-electron chi connectivity index (χ3n) is 2.24. The summed E-state index contributed by atoms with van der Waals surface area (Å²) in [6.45, 7) is 2.05. The smallest absolute Gasteiger partial charge is 0.146 e. The first kappa shape index (κ1) is 8.93. The summed E-state index contributed by atoms with van der Waals surface area (Å²) in [4.78, 5) is 4.99. The van der Waals surface area contributed by atoms with E-state index in [-0.39, 0.29) is 18.8 Å². The molecule has 0 saturated carbocycles. The van der Waals surface area contributed by atoms with Gasteiger partial charge in [0.05, 0.1) is 30.9 Å². The molecule has 2 rings (SSSR count). The molecule has 2 atom stereocenters. The number of fused-ring (bicyclic) bond motifs is 1. The van der Waals surface area contributed by atoms with Gasteiger partial charge in [0.2, 0.25) is 0 Å². The van der Waals surface area contributed by atoms with Crippen LogP contribution in [0.3, 0.4) is 0 Å². The molecule has 0 aromatic rings. The van der Waals surface area contributed by atoms with Gasteiger partial charge < -0.3 is 19.0 Å². The molecule has 2 heterocycles. The van der Waals surface area contributed by atoms with E-state index in [1.807, 2.05) is 0 Å². The summed E-state index contributed by atoms with van der Waals surface area (Å²) in [5, 5.41) is 3.89. The predicted octanol–water partition coefficient (Wildman–Crippen LogP) is 0.00810. The third-order valence-corrected chi connectivity index (χ3v) is 2.24. The molecule has 2 aliphatic heterocycles. The summed E-state index contributed by atoms with van der Waals surface area (Å²) >= 11 is 0. The van der Waals surface area contributed by atoms with Crippen molar-refractivity contribution in [3.8, 4) is 0 Å². The van der Waals surface area contributed by atoms with Gasteiger partial charge >= 0.3 is 0 Å². The Labute approximate surface area is 76.6 Å². The van der Waals surface area contributed by atoms with Crippen molar-refractivity contribution >= 4 is 5.71 Å². The number of hydrogen-bond donors (Lipinski definition) is 0. The molecule has 0 aromatic heterocycles. The summed E-state index contributed by atoms with van der Waals surface area (Å²) in [7, 11) is 1.60. The highest BCUT2D eigenvalue weighted by Crippen LogP contribution is 2.21. The van der Waals surface area contributed by atoms with Gasteiger partial charge in [-0.1, -0.05) is 5.16 Å². The average molecular weight is 187 g/mol. The normalized spacial score (nSPS) is 32.2. The zero-order valence-electron chi connectivity index (χ0n) is 7.56. The molecule has 0 amide bonds. The van der Waals surface area contributed by atoms with E-state index in [1.165, 1.54) is 0 Å². The van der Waals surface area contributed by atoms with Crippen LogP contribution in [0.15, 0.2) is 5.16 Å². The summed E-state index contributed by atoms with van der Waals surface area (Å²) < 4.78 is 15.6. The molecule has 13 heavy (non-hydrogen) atoms. The number of rotatable bonds is 3. The van der Waals surface area contributed by atoms with E-state index in [9.17, 15) is 0 Å². The lowest BCUT2D eigenvalue weighted by Crippen LogP contribution is -2.41. The first-order valence-electron chi connectivity index (χ1n) is 4.29. The van der Waals surface area contributed by atoms with Gasteiger partial charge in [0.15, 0.2) is 0 Å². The highest BCUT2D eigenvalue weighted by atomic mass is 16.7. The fraction of sp³-hybridized carbons (Fsp3) is 0.875. The van der Waals surface area contributed by atoms with Crippen LogP contribution in [-0.2, 0) is 19.0 Å². The van der Waals surface area contributed by atoms with Crippen molar-refractivity contribution in [1.82, 2.24) is 0 Å². The van der Waals surface area contributed by atoms with Crippen molar-refractivity contribution in [2.75, 3.05) is 33.7 Å². The largest absolute Gasteiger partial charge is 0.395 e. The molecule has 0 N–H and O–H groups in total. The molecule has 74 valence electrons. The van der Waals surface area contributed by atoms with Crippen LogP contribution in [0.4, 0.5) is 0 Å². The highest BCUT2D eigenvalue weighted by molar-refractivity contribution is 5.89. The molecule has 0 spiro atoms. The monoisotopic (exact) mass is 187 g/mol. The van der Waals surface area contributed by atoms with Crippen LogP contribution >= 0.6 is 0 Å². The quantitative estimate of drug-likeness (QED) is 0.584. The molecule has 5 heteroatoms. The molecule has 5 nitrogen and oxygen atoms in total. The van der Waals surface area contributed by atoms with Crippen LogP contribution in [0, 0.1) is 5.92 Å². The first-order chi connectivity index (χ1) is 6.42. The second kappa shape index (κ2) is 4.04. The summed E-state index contributed by atoms with van der Waals surface area (Å²) in [5.41, 5.74) is 0.951. The fourth-order valence-corrected chi connectivity index (χ4v) is 1.54. The Kier molecular flexibility index (Phi) is 2.77. The molecule has 0 aromatic carbocycles. The van der Waals surface area contributed by atoms with Crippen LogP contribution < -0.4 is 0 Å². The Balaban J connectivity index is 1.91.